The molecule has 0 aliphatic rings. The molecular weight excluding hydrogens is 224 g/mol. The number of nitrogens with one attached hydrogen (secondary N) is 1. The number of aromatic nitrogens is 3. The van der Waals surface area contributed by atoms with Crippen molar-refractivity contribution < 1.29 is 0 Å². The van der Waals surface area contributed by atoms with Crippen LogP contribution in [0.3, 0.4) is 0 Å². The molecule has 0 aliphatic heterocycles. The predicted molar refractivity (Wildman–Crippen MR) is 75.3 cm³/mol. The summed E-state index contributed by atoms with van der Waals surface area (Å²) in [7, 11) is 1.98. The van der Waals surface area contributed by atoms with Gasteiger partial charge in [0.2, 0.25) is 0 Å². The number of hydrogen-bond acceptors (Lipinski definition) is 3. The lowest BCUT2D eigenvalue weighted by molar-refractivity contribution is 0.547. The second kappa shape index (κ2) is 10.1. The van der Waals surface area contributed by atoms with Gasteiger partial charge in [-0.3, -0.25) is 0 Å². The van der Waals surface area contributed by atoms with Gasteiger partial charge >= 0.3 is 0 Å². The van der Waals surface area contributed by atoms with Crippen molar-refractivity contribution in [1.82, 2.24) is 20.1 Å². The maximum atomic E-state index is 4.04. The molecule has 0 saturated carbocycles. The van der Waals surface area contributed by atoms with E-state index in [1.807, 2.05) is 11.6 Å². The average Bonchev–Trinajstić information content (AvgIpc) is 2.77. The normalized spacial score (nSPS) is 11.0. The van der Waals surface area contributed by atoms with Crippen LogP contribution in [0, 0.1) is 0 Å². The zero-order valence-corrected chi connectivity index (χ0v) is 12.0. The summed E-state index contributed by atoms with van der Waals surface area (Å²) < 4.78 is 1.96. The third kappa shape index (κ3) is 6.74. The molecule has 1 N–H and O–H groups in total. The molecule has 104 valence electrons. The van der Waals surface area contributed by atoms with E-state index in [0.29, 0.717) is 0 Å². The van der Waals surface area contributed by atoms with Gasteiger partial charge in [0.05, 0.1) is 6.54 Å². The molecule has 0 fully saturated rings. The Labute approximate surface area is 111 Å². The Morgan fingerprint density at radius 1 is 1.06 bits per heavy atom. The summed E-state index contributed by atoms with van der Waals surface area (Å²) >= 11 is 0. The third-order valence-corrected chi connectivity index (χ3v) is 3.30. The van der Waals surface area contributed by atoms with Crippen molar-refractivity contribution in [1.29, 1.82) is 0 Å². The van der Waals surface area contributed by atoms with Gasteiger partial charge < -0.3 is 9.88 Å². The topological polar surface area (TPSA) is 42.7 Å². The maximum absolute atomic E-state index is 4.04. The van der Waals surface area contributed by atoms with E-state index >= 15 is 0 Å². The van der Waals surface area contributed by atoms with E-state index in [9.17, 15) is 0 Å². The van der Waals surface area contributed by atoms with Gasteiger partial charge in [-0.05, 0) is 13.0 Å². The molecule has 0 unspecified atom stereocenters. The predicted octanol–water partition coefficient (Wildman–Crippen LogP) is 3.05. The number of aryl methyl sites for hydroxylation is 1. The Morgan fingerprint density at radius 2 is 1.72 bits per heavy atom. The number of hydrogen-bond donors (Lipinski definition) is 1. The van der Waals surface area contributed by atoms with E-state index in [1.54, 1.807) is 6.33 Å². The monoisotopic (exact) mass is 252 g/mol. The first-order valence-corrected chi connectivity index (χ1v) is 7.38. The molecule has 0 bridgehead atoms. The number of nitrogens with zero attached hydrogens (tertiary/aromatic N) is 3. The summed E-state index contributed by atoms with van der Waals surface area (Å²) in [6.07, 6.45) is 12.7. The van der Waals surface area contributed by atoms with Gasteiger partial charge in [0.1, 0.15) is 12.2 Å². The molecule has 1 aromatic heterocycles. The zero-order valence-electron chi connectivity index (χ0n) is 12.0. The fraction of sp³-hybridized carbons (Fsp3) is 0.857. The van der Waals surface area contributed by atoms with Crippen molar-refractivity contribution in [3.8, 4) is 0 Å². The van der Waals surface area contributed by atoms with Crippen LogP contribution in [0.15, 0.2) is 6.33 Å². The average molecular weight is 252 g/mol. The highest BCUT2D eigenvalue weighted by Gasteiger charge is 1.98. The molecule has 0 amide bonds. The molecular formula is C14H28N4. The molecule has 18 heavy (non-hydrogen) atoms. The van der Waals surface area contributed by atoms with E-state index in [2.05, 4.69) is 22.4 Å². The third-order valence-electron chi connectivity index (χ3n) is 3.30. The van der Waals surface area contributed by atoms with Gasteiger partial charge in [0, 0.05) is 7.05 Å². The van der Waals surface area contributed by atoms with Crippen molar-refractivity contribution in [2.75, 3.05) is 6.54 Å². The minimum Gasteiger partial charge on any atom is -0.320 e. The SMILES string of the molecule is CCCCCCCCCCNCc1nncn1C. The first kappa shape index (κ1) is 15.2. The van der Waals surface area contributed by atoms with Crippen LogP contribution in [0.5, 0.6) is 0 Å². The molecule has 4 heteroatoms. The van der Waals surface area contributed by atoms with Crippen LogP contribution in [-0.2, 0) is 13.6 Å². The van der Waals surface area contributed by atoms with E-state index in [0.717, 1.165) is 18.9 Å². The number of unbranched alkanes of at least 4 members (excludes halogenated alkanes) is 7. The Kier molecular flexibility index (Phi) is 8.47. The molecule has 1 rings (SSSR count). The summed E-state index contributed by atoms with van der Waals surface area (Å²) in [5.41, 5.74) is 0. The van der Waals surface area contributed by atoms with Crippen LogP contribution < -0.4 is 5.32 Å². The van der Waals surface area contributed by atoms with Crippen molar-refractivity contribution in [2.24, 2.45) is 7.05 Å². The molecule has 0 aliphatic carbocycles. The van der Waals surface area contributed by atoms with Crippen LogP contribution in [0.2, 0.25) is 0 Å². The first-order valence-electron chi connectivity index (χ1n) is 7.38. The van der Waals surface area contributed by atoms with Crippen LogP contribution in [0.1, 0.15) is 64.1 Å². The Morgan fingerprint density at radius 3 is 2.33 bits per heavy atom. The molecule has 0 spiro atoms. The summed E-state index contributed by atoms with van der Waals surface area (Å²) in [4.78, 5) is 0. The lowest BCUT2D eigenvalue weighted by Gasteiger charge is -2.04. The lowest BCUT2D eigenvalue weighted by Crippen LogP contribution is -2.17. The summed E-state index contributed by atoms with van der Waals surface area (Å²) in [5.74, 6) is 1.01. The van der Waals surface area contributed by atoms with Crippen LogP contribution in [-0.4, -0.2) is 21.3 Å². The molecule has 1 heterocycles. The van der Waals surface area contributed by atoms with Crippen molar-refractivity contribution >= 4 is 0 Å². The van der Waals surface area contributed by atoms with Crippen LogP contribution >= 0.6 is 0 Å². The largest absolute Gasteiger partial charge is 0.320 e. The first-order chi connectivity index (χ1) is 8.84. The smallest absolute Gasteiger partial charge is 0.146 e. The van der Waals surface area contributed by atoms with E-state index < -0.39 is 0 Å². The Hall–Kier alpha value is -0.900. The van der Waals surface area contributed by atoms with Gasteiger partial charge in [-0.1, -0.05) is 51.9 Å². The van der Waals surface area contributed by atoms with E-state index in [1.165, 1.54) is 51.4 Å². The molecule has 0 aromatic carbocycles. The minimum absolute atomic E-state index is 0.826. The second-order valence-corrected chi connectivity index (χ2v) is 5.01. The van der Waals surface area contributed by atoms with Crippen molar-refractivity contribution in [3.05, 3.63) is 12.2 Å². The highest BCUT2D eigenvalue weighted by atomic mass is 15.3. The van der Waals surface area contributed by atoms with E-state index in [-0.39, 0.29) is 0 Å². The van der Waals surface area contributed by atoms with Gasteiger partial charge in [-0.2, -0.15) is 0 Å². The standard InChI is InChI=1S/C14H28N4/c1-3-4-5-6-7-8-9-10-11-15-12-14-17-16-13-18(14)2/h13,15H,3-12H2,1-2H3. The molecule has 0 atom stereocenters. The summed E-state index contributed by atoms with van der Waals surface area (Å²) in [6.45, 7) is 4.18. The number of rotatable bonds is 11. The fourth-order valence-corrected chi connectivity index (χ4v) is 2.05. The van der Waals surface area contributed by atoms with Crippen molar-refractivity contribution in [2.45, 2.75) is 64.8 Å². The lowest BCUT2D eigenvalue weighted by atomic mass is 10.1. The van der Waals surface area contributed by atoms with Crippen LogP contribution in [0.4, 0.5) is 0 Å². The van der Waals surface area contributed by atoms with Gasteiger partial charge in [-0.25, -0.2) is 0 Å². The highest BCUT2D eigenvalue weighted by molar-refractivity contribution is 4.82. The second-order valence-electron chi connectivity index (χ2n) is 5.01. The zero-order chi connectivity index (χ0) is 13.1. The van der Waals surface area contributed by atoms with Crippen molar-refractivity contribution in [3.63, 3.8) is 0 Å². The Balaban J connectivity index is 1.83. The quantitative estimate of drug-likeness (QED) is 0.616. The highest BCUT2D eigenvalue weighted by Crippen LogP contribution is 2.07. The minimum atomic E-state index is 0.826. The van der Waals surface area contributed by atoms with Gasteiger partial charge in [-0.15, -0.1) is 10.2 Å². The van der Waals surface area contributed by atoms with Gasteiger partial charge in [0.15, 0.2) is 0 Å². The molecule has 0 saturated heterocycles. The Bertz CT molecular complexity index is 296. The fourth-order valence-electron chi connectivity index (χ4n) is 2.05. The summed E-state index contributed by atoms with van der Waals surface area (Å²) in [5, 5.41) is 11.3. The van der Waals surface area contributed by atoms with Gasteiger partial charge in [0.25, 0.3) is 0 Å². The summed E-state index contributed by atoms with van der Waals surface area (Å²) in [6, 6.07) is 0. The molecule has 1 aromatic rings. The molecule has 0 radical (unpaired) electrons. The molecule has 4 nitrogen and oxygen atoms in total. The maximum Gasteiger partial charge on any atom is 0.146 e. The van der Waals surface area contributed by atoms with Crippen LogP contribution in [0.25, 0.3) is 0 Å². The van der Waals surface area contributed by atoms with E-state index in [4.69, 9.17) is 0 Å².